The predicted molar refractivity (Wildman–Crippen MR) is 114 cm³/mol. The van der Waals surface area contributed by atoms with Gasteiger partial charge in [0.15, 0.2) is 17.3 Å². The first-order valence-corrected chi connectivity index (χ1v) is 10.00. The van der Waals surface area contributed by atoms with Gasteiger partial charge in [0.2, 0.25) is 6.29 Å². The van der Waals surface area contributed by atoms with Crippen molar-refractivity contribution in [2.45, 2.75) is 37.6 Å². The number of aliphatic hydroxyl groups is 3. The maximum atomic E-state index is 12.0. The minimum atomic E-state index is -1.63. The molecule has 10 nitrogen and oxygen atoms in total. The summed E-state index contributed by atoms with van der Waals surface area (Å²) in [6.45, 7) is 0.968. The molecule has 176 valence electrons. The number of phenols is 2. The van der Waals surface area contributed by atoms with Gasteiger partial charge in [0.25, 0.3) is 0 Å². The minimum absolute atomic E-state index is 0.132. The number of rotatable bonds is 7. The van der Waals surface area contributed by atoms with E-state index in [0.717, 1.165) is 6.08 Å². The number of aromatic hydroxyl groups is 2. The van der Waals surface area contributed by atoms with E-state index < -0.39 is 43.3 Å². The second-order valence-corrected chi connectivity index (χ2v) is 7.42. The Labute approximate surface area is 188 Å². The third kappa shape index (κ3) is 6.08. The number of aliphatic hydroxyl groups excluding tert-OH is 3. The molecule has 1 heterocycles. The number of esters is 1. The van der Waals surface area contributed by atoms with Crippen molar-refractivity contribution in [3.8, 4) is 17.2 Å². The van der Waals surface area contributed by atoms with Crippen molar-refractivity contribution in [3.63, 3.8) is 0 Å². The Morgan fingerprint density at radius 3 is 2.30 bits per heavy atom. The third-order valence-corrected chi connectivity index (χ3v) is 4.98. The Bertz CT molecular complexity index is 1020. The molecular formula is C23H24O10. The van der Waals surface area contributed by atoms with Crippen LogP contribution in [0.25, 0.3) is 6.08 Å². The van der Waals surface area contributed by atoms with E-state index >= 15 is 0 Å². The molecule has 0 aliphatic carbocycles. The summed E-state index contributed by atoms with van der Waals surface area (Å²) in [7, 11) is 0. The number of hydrogen-bond acceptors (Lipinski definition) is 10. The van der Waals surface area contributed by atoms with Gasteiger partial charge in [0, 0.05) is 11.6 Å². The molecule has 5 atom stereocenters. The van der Waals surface area contributed by atoms with Crippen molar-refractivity contribution in [1.82, 2.24) is 0 Å². The second kappa shape index (κ2) is 10.5. The number of Topliss-reactive ketones (excluding diaryl/α,β-unsaturated/α-hetero) is 1. The molecule has 2 aromatic rings. The first-order valence-electron chi connectivity index (χ1n) is 10.00. The largest absolute Gasteiger partial charge is 0.504 e. The van der Waals surface area contributed by atoms with E-state index in [1.54, 1.807) is 0 Å². The number of benzene rings is 2. The Morgan fingerprint density at radius 2 is 1.67 bits per heavy atom. The van der Waals surface area contributed by atoms with Crippen LogP contribution in [0.5, 0.6) is 17.2 Å². The van der Waals surface area contributed by atoms with Crippen LogP contribution in [0.4, 0.5) is 0 Å². The SMILES string of the molecule is CC(=O)c1ccc(O[C@@H]2O[C@H](COC(=O)C=Cc3ccc(O)c(O)c3)[C@@H](O)[C@H](O)[C@H]2O)cc1. The lowest BCUT2D eigenvalue weighted by molar-refractivity contribution is -0.278. The molecule has 0 unspecified atom stereocenters. The highest BCUT2D eigenvalue weighted by Gasteiger charge is 2.45. The summed E-state index contributed by atoms with van der Waals surface area (Å²) in [4.78, 5) is 23.4. The molecule has 1 saturated heterocycles. The van der Waals surface area contributed by atoms with Gasteiger partial charge >= 0.3 is 5.97 Å². The van der Waals surface area contributed by atoms with Gasteiger partial charge in [0.1, 0.15) is 36.8 Å². The molecule has 1 aliphatic heterocycles. The molecule has 5 N–H and O–H groups in total. The number of carbonyl (C=O) groups is 2. The van der Waals surface area contributed by atoms with Crippen molar-refractivity contribution in [2.24, 2.45) is 0 Å². The van der Waals surface area contributed by atoms with E-state index in [-0.39, 0.29) is 23.0 Å². The summed E-state index contributed by atoms with van der Waals surface area (Å²) in [6, 6.07) is 10.0. The summed E-state index contributed by atoms with van der Waals surface area (Å²) in [5.74, 6) is -1.32. The van der Waals surface area contributed by atoms with E-state index in [0.29, 0.717) is 11.1 Å². The average Bonchev–Trinajstić information content (AvgIpc) is 2.79. The highest BCUT2D eigenvalue weighted by Crippen LogP contribution is 2.26. The fourth-order valence-corrected chi connectivity index (χ4v) is 3.07. The fraction of sp³-hybridized carbons (Fsp3) is 0.304. The highest BCUT2D eigenvalue weighted by atomic mass is 16.7. The third-order valence-electron chi connectivity index (χ3n) is 4.98. The monoisotopic (exact) mass is 460 g/mol. The summed E-state index contributed by atoms with van der Waals surface area (Å²) >= 11 is 0. The molecular weight excluding hydrogens is 436 g/mol. The number of ether oxygens (including phenoxy) is 3. The van der Waals surface area contributed by atoms with Crippen LogP contribution in [-0.2, 0) is 14.3 Å². The first kappa shape index (κ1) is 24.2. The molecule has 0 aromatic heterocycles. The van der Waals surface area contributed by atoms with Gasteiger partial charge in [-0.2, -0.15) is 0 Å². The van der Waals surface area contributed by atoms with Crippen LogP contribution >= 0.6 is 0 Å². The molecule has 3 rings (SSSR count). The van der Waals surface area contributed by atoms with Gasteiger partial charge in [-0.05, 0) is 55.0 Å². The molecule has 1 fully saturated rings. The van der Waals surface area contributed by atoms with E-state index in [1.165, 1.54) is 55.5 Å². The fourth-order valence-electron chi connectivity index (χ4n) is 3.07. The topological polar surface area (TPSA) is 163 Å². The maximum Gasteiger partial charge on any atom is 0.330 e. The maximum absolute atomic E-state index is 12.0. The van der Waals surface area contributed by atoms with E-state index in [1.807, 2.05) is 0 Å². The zero-order chi connectivity index (χ0) is 24.1. The Kier molecular flexibility index (Phi) is 7.67. The number of ketones is 1. The summed E-state index contributed by atoms with van der Waals surface area (Å²) in [5.41, 5.74) is 0.891. The molecule has 0 spiro atoms. The number of phenolic OH excluding ortho intramolecular Hbond substituents is 2. The molecule has 10 heteroatoms. The molecule has 2 aromatic carbocycles. The average molecular weight is 460 g/mol. The lowest BCUT2D eigenvalue weighted by atomic mass is 9.99. The van der Waals surface area contributed by atoms with Crippen molar-refractivity contribution in [3.05, 3.63) is 59.7 Å². The standard InChI is InChI=1S/C23H24O10/c1-12(24)14-4-6-15(7-5-14)32-23-22(30)21(29)20(28)18(33-23)11-31-19(27)9-3-13-2-8-16(25)17(26)10-13/h2-10,18,20-23,25-26,28-30H,11H2,1H3/t18-,20-,21+,22-,23-/m1/s1. The highest BCUT2D eigenvalue weighted by molar-refractivity contribution is 5.94. The van der Waals surface area contributed by atoms with Crippen LogP contribution in [0, 0.1) is 0 Å². The first-order chi connectivity index (χ1) is 15.7. The smallest absolute Gasteiger partial charge is 0.330 e. The molecule has 0 amide bonds. The van der Waals surface area contributed by atoms with Gasteiger partial charge in [-0.1, -0.05) is 6.07 Å². The quantitative estimate of drug-likeness (QED) is 0.172. The predicted octanol–water partition coefficient (Wildman–Crippen LogP) is 0.743. The zero-order valence-corrected chi connectivity index (χ0v) is 17.6. The Balaban J connectivity index is 1.59. The van der Waals surface area contributed by atoms with Crippen molar-refractivity contribution in [1.29, 1.82) is 0 Å². The van der Waals surface area contributed by atoms with E-state index in [9.17, 15) is 35.1 Å². The van der Waals surface area contributed by atoms with E-state index in [4.69, 9.17) is 14.2 Å². The van der Waals surface area contributed by atoms with Crippen molar-refractivity contribution < 1.29 is 49.3 Å². The minimum Gasteiger partial charge on any atom is -0.504 e. The van der Waals surface area contributed by atoms with Crippen LogP contribution in [0.2, 0.25) is 0 Å². The van der Waals surface area contributed by atoms with Gasteiger partial charge in [-0.15, -0.1) is 0 Å². The molecule has 0 bridgehead atoms. The van der Waals surface area contributed by atoms with Crippen molar-refractivity contribution >= 4 is 17.8 Å². The van der Waals surface area contributed by atoms with Gasteiger partial charge in [-0.25, -0.2) is 4.79 Å². The second-order valence-electron chi connectivity index (χ2n) is 7.42. The molecule has 0 saturated carbocycles. The lowest BCUT2D eigenvalue weighted by Gasteiger charge is -2.39. The lowest BCUT2D eigenvalue weighted by Crippen LogP contribution is -2.60. The molecule has 0 radical (unpaired) electrons. The van der Waals surface area contributed by atoms with Gasteiger partial charge in [-0.3, -0.25) is 4.79 Å². The Hall–Kier alpha value is -3.44. The van der Waals surface area contributed by atoms with Crippen molar-refractivity contribution in [2.75, 3.05) is 6.61 Å². The van der Waals surface area contributed by atoms with Gasteiger partial charge in [0.05, 0.1) is 0 Å². The van der Waals surface area contributed by atoms with Crippen LogP contribution in [0.3, 0.4) is 0 Å². The van der Waals surface area contributed by atoms with Gasteiger partial charge < -0.3 is 39.7 Å². The molecule has 1 aliphatic rings. The van der Waals surface area contributed by atoms with E-state index in [2.05, 4.69) is 0 Å². The number of hydrogen-bond donors (Lipinski definition) is 5. The summed E-state index contributed by atoms with van der Waals surface area (Å²) in [5, 5.41) is 49.3. The van der Waals surface area contributed by atoms with Crippen LogP contribution in [0.15, 0.2) is 48.5 Å². The normalized spacial score (nSPS) is 25.0. The number of carbonyl (C=O) groups excluding carboxylic acids is 2. The van der Waals surface area contributed by atoms with Crippen LogP contribution < -0.4 is 4.74 Å². The summed E-state index contributed by atoms with van der Waals surface area (Å²) in [6.07, 6.45) is -4.91. The van der Waals surface area contributed by atoms with Crippen LogP contribution in [0.1, 0.15) is 22.8 Å². The molecule has 33 heavy (non-hydrogen) atoms. The summed E-state index contributed by atoms with van der Waals surface area (Å²) < 4.78 is 16.1. The van der Waals surface area contributed by atoms with Crippen LogP contribution in [-0.4, -0.2) is 74.6 Å². The zero-order valence-electron chi connectivity index (χ0n) is 17.6. The Morgan fingerprint density at radius 1 is 0.970 bits per heavy atom.